The van der Waals surface area contributed by atoms with E-state index in [1.807, 2.05) is 32.0 Å². The topological polar surface area (TPSA) is 91.0 Å². The van der Waals surface area contributed by atoms with Crippen molar-refractivity contribution in [1.82, 2.24) is 5.32 Å². The predicted octanol–water partition coefficient (Wildman–Crippen LogP) is 5.52. The molecule has 1 unspecified atom stereocenters. The number of carbonyl (C=O) groups excluding carboxylic acids is 3. The summed E-state index contributed by atoms with van der Waals surface area (Å²) in [5.74, 6) is -0.321. The van der Waals surface area contributed by atoms with Crippen molar-refractivity contribution in [3.63, 3.8) is 0 Å². The van der Waals surface area contributed by atoms with Gasteiger partial charge in [0.2, 0.25) is 5.91 Å². The normalized spacial score (nSPS) is 17.9. The van der Waals surface area contributed by atoms with Crippen molar-refractivity contribution in [1.29, 1.82) is 0 Å². The number of thiophene rings is 1. The van der Waals surface area contributed by atoms with Crippen molar-refractivity contribution in [2.75, 3.05) is 41.3 Å². The van der Waals surface area contributed by atoms with Crippen LogP contribution in [0.1, 0.15) is 55.6 Å². The highest BCUT2D eigenvalue weighted by Crippen LogP contribution is 2.34. The van der Waals surface area contributed by atoms with Crippen molar-refractivity contribution in [3.05, 3.63) is 39.5 Å². The zero-order chi connectivity index (χ0) is 25.7. The van der Waals surface area contributed by atoms with Crippen molar-refractivity contribution >= 4 is 57.9 Å². The number of halogens is 1. The van der Waals surface area contributed by atoms with Gasteiger partial charge >= 0.3 is 6.09 Å². The number of rotatable bonds is 9. The van der Waals surface area contributed by atoms with E-state index >= 15 is 0 Å². The summed E-state index contributed by atoms with van der Waals surface area (Å²) < 4.78 is 6.05. The SMILES string of the molecule is CCC(CC)C(=O)Nc1cc(N2CC(CNC(=O)c3ccc(Cl)s3)OC2=O)ccc1N1CCCCC1. The second-order valence-electron chi connectivity index (χ2n) is 9.18. The first-order chi connectivity index (χ1) is 17.4. The number of nitrogens with zero attached hydrogens (tertiary/aromatic N) is 2. The molecule has 10 heteroatoms. The zero-order valence-corrected chi connectivity index (χ0v) is 22.3. The van der Waals surface area contributed by atoms with E-state index in [-0.39, 0.29) is 24.3 Å². The molecular formula is C26H33ClN4O4S. The van der Waals surface area contributed by atoms with Crippen LogP contribution in [0.25, 0.3) is 0 Å². The first-order valence-electron chi connectivity index (χ1n) is 12.6. The zero-order valence-electron chi connectivity index (χ0n) is 20.7. The van der Waals surface area contributed by atoms with E-state index in [0.29, 0.717) is 27.1 Å². The molecule has 2 N–H and O–H groups in total. The molecule has 8 nitrogen and oxygen atoms in total. The lowest BCUT2D eigenvalue weighted by Gasteiger charge is -2.31. The van der Waals surface area contributed by atoms with E-state index in [1.54, 1.807) is 17.0 Å². The quantitative estimate of drug-likeness (QED) is 0.443. The maximum absolute atomic E-state index is 12.9. The van der Waals surface area contributed by atoms with Gasteiger partial charge in [0.15, 0.2) is 0 Å². The Morgan fingerprint density at radius 3 is 2.56 bits per heavy atom. The van der Waals surface area contributed by atoms with E-state index in [2.05, 4.69) is 15.5 Å². The Bertz CT molecular complexity index is 1100. The molecule has 2 fully saturated rings. The second kappa shape index (κ2) is 12.0. The first kappa shape index (κ1) is 26.3. The summed E-state index contributed by atoms with van der Waals surface area (Å²) in [5.41, 5.74) is 2.34. The van der Waals surface area contributed by atoms with Gasteiger partial charge in [0.05, 0.1) is 33.7 Å². The third kappa shape index (κ3) is 6.13. The Balaban J connectivity index is 1.48. The Morgan fingerprint density at radius 2 is 1.89 bits per heavy atom. The molecule has 3 heterocycles. The van der Waals surface area contributed by atoms with Crippen LogP contribution >= 0.6 is 22.9 Å². The number of cyclic esters (lactones) is 1. The third-order valence-corrected chi connectivity index (χ3v) is 7.99. The first-order valence-corrected chi connectivity index (χ1v) is 13.8. The van der Waals surface area contributed by atoms with Crippen LogP contribution in [0.15, 0.2) is 30.3 Å². The molecule has 1 aromatic carbocycles. The molecule has 4 rings (SSSR count). The maximum Gasteiger partial charge on any atom is 0.414 e. The van der Waals surface area contributed by atoms with Gasteiger partial charge in [-0.25, -0.2) is 4.79 Å². The molecule has 2 aromatic rings. The molecule has 0 radical (unpaired) electrons. The lowest BCUT2D eigenvalue weighted by Crippen LogP contribution is -2.34. The van der Waals surface area contributed by atoms with Gasteiger partial charge in [-0.15, -0.1) is 11.3 Å². The fraction of sp³-hybridized carbons (Fsp3) is 0.500. The highest BCUT2D eigenvalue weighted by molar-refractivity contribution is 7.18. The monoisotopic (exact) mass is 532 g/mol. The van der Waals surface area contributed by atoms with Crippen molar-refractivity contribution in [2.24, 2.45) is 5.92 Å². The third-order valence-electron chi connectivity index (χ3n) is 6.76. The smallest absolute Gasteiger partial charge is 0.414 e. The number of piperidine rings is 1. The highest BCUT2D eigenvalue weighted by Gasteiger charge is 2.33. The van der Waals surface area contributed by atoms with Crippen LogP contribution in [0.2, 0.25) is 4.34 Å². The van der Waals surface area contributed by atoms with Gasteiger partial charge in [-0.1, -0.05) is 25.4 Å². The van der Waals surface area contributed by atoms with Gasteiger partial charge in [-0.2, -0.15) is 0 Å². The van der Waals surface area contributed by atoms with E-state index in [1.165, 1.54) is 17.8 Å². The number of nitrogens with one attached hydrogen (secondary N) is 2. The minimum Gasteiger partial charge on any atom is -0.442 e. The number of hydrogen-bond donors (Lipinski definition) is 2. The molecule has 2 saturated heterocycles. The molecule has 0 bridgehead atoms. The average molecular weight is 533 g/mol. The van der Waals surface area contributed by atoms with Gasteiger partial charge in [0, 0.05) is 24.7 Å². The average Bonchev–Trinajstić information content (AvgIpc) is 3.49. The van der Waals surface area contributed by atoms with Gasteiger partial charge in [-0.3, -0.25) is 14.5 Å². The minimum absolute atomic E-state index is 0.00585. The summed E-state index contributed by atoms with van der Waals surface area (Å²) in [4.78, 5) is 42.3. The predicted molar refractivity (Wildman–Crippen MR) is 144 cm³/mol. The molecule has 1 aromatic heterocycles. The molecular weight excluding hydrogens is 500 g/mol. The fourth-order valence-electron chi connectivity index (χ4n) is 4.67. The number of benzene rings is 1. The van der Waals surface area contributed by atoms with Crippen LogP contribution in [0.5, 0.6) is 0 Å². The van der Waals surface area contributed by atoms with Gasteiger partial charge in [0.25, 0.3) is 5.91 Å². The summed E-state index contributed by atoms with van der Waals surface area (Å²) in [6, 6.07) is 9.07. The van der Waals surface area contributed by atoms with Crippen LogP contribution in [0.4, 0.5) is 21.9 Å². The van der Waals surface area contributed by atoms with Gasteiger partial charge < -0.3 is 20.3 Å². The van der Waals surface area contributed by atoms with Gasteiger partial charge in [-0.05, 0) is 62.4 Å². The Labute approximate surface area is 220 Å². The van der Waals surface area contributed by atoms with Crippen molar-refractivity contribution in [3.8, 4) is 0 Å². The summed E-state index contributed by atoms with van der Waals surface area (Å²) in [5, 5.41) is 5.94. The highest BCUT2D eigenvalue weighted by atomic mass is 35.5. The lowest BCUT2D eigenvalue weighted by molar-refractivity contribution is -0.120. The number of anilines is 3. The largest absolute Gasteiger partial charge is 0.442 e. The summed E-state index contributed by atoms with van der Waals surface area (Å²) >= 11 is 7.11. The van der Waals surface area contributed by atoms with E-state index in [4.69, 9.17) is 16.3 Å². The van der Waals surface area contributed by atoms with Crippen molar-refractivity contribution in [2.45, 2.75) is 52.1 Å². The molecule has 194 valence electrons. The number of amides is 3. The van der Waals surface area contributed by atoms with Crippen LogP contribution in [0.3, 0.4) is 0 Å². The van der Waals surface area contributed by atoms with Crippen LogP contribution in [-0.4, -0.2) is 50.2 Å². The minimum atomic E-state index is -0.485. The Hall–Kier alpha value is -2.78. The molecule has 1 atom stereocenters. The molecule has 0 spiro atoms. The van der Waals surface area contributed by atoms with E-state index in [9.17, 15) is 14.4 Å². The van der Waals surface area contributed by atoms with Crippen molar-refractivity contribution < 1.29 is 19.1 Å². The number of ether oxygens (including phenoxy) is 1. The molecule has 36 heavy (non-hydrogen) atoms. The van der Waals surface area contributed by atoms with Crippen LogP contribution in [-0.2, 0) is 9.53 Å². The van der Waals surface area contributed by atoms with E-state index < -0.39 is 12.2 Å². The summed E-state index contributed by atoms with van der Waals surface area (Å²) in [6.07, 6.45) is 4.02. The number of hydrogen-bond acceptors (Lipinski definition) is 6. The van der Waals surface area contributed by atoms with Gasteiger partial charge in [0.1, 0.15) is 6.10 Å². The molecule has 2 aliphatic rings. The van der Waals surface area contributed by atoms with E-state index in [0.717, 1.165) is 44.5 Å². The Morgan fingerprint density at radius 1 is 1.14 bits per heavy atom. The maximum atomic E-state index is 12.9. The fourth-order valence-corrected chi connectivity index (χ4v) is 5.62. The molecule has 3 amide bonds. The molecule has 2 aliphatic heterocycles. The molecule has 0 aliphatic carbocycles. The summed E-state index contributed by atoms with van der Waals surface area (Å²) in [7, 11) is 0. The van der Waals surface area contributed by atoms with Crippen LogP contribution in [0, 0.1) is 5.92 Å². The number of carbonyl (C=O) groups is 3. The lowest BCUT2D eigenvalue weighted by atomic mass is 10.0. The molecule has 0 saturated carbocycles. The van der Waals surface area contributed by atoms with Crippen LogP contribution < -0.4 is 20.4 Å². The summed E-state index contributed by atoms with van der Waals surface area (Å²) in [6.45, 7) is 6.41. The Kier molecular flexibility index (Phi) is 8.74. The standard InChI is InChI=1S/C26H33ClN4O4S/c1-3-17(4-2)24(32)29-20-14-18(8-9-21(20)30-12-6-5-7-13-30)31-16-19(35-26(31)34)15-28-25(33)22-10-11-23(27)36-22/h8-11,14,17,19H,3-7,12-13,15-16H2,1-2H3,(H,28,33)(H,29,32). The second-order valence-corrected chi connectivity index (χ2v) is 10.9.